The molecule has 0 unspecified atom stereocenters. The molecule has 0 aromatic heterocycles. The van der Waals surface area contributed by atoms with E-state index in [1.165, 1.54) is 6.08 Å². The third-order valence-electron chi connectivity index (χ3n) is 1.63. The molecule has 0 saturated heterocycles. The first-order chi connectivity index (χ1) is 7.08. The molecule has 0 bridgehead atoms. The topological polar surface area (TPSA) is 26.3 Å². The Bertz CT molecular complexity index is 352. The number of carbonyl (C=O) groups excluding carboxylic acids is 1. The average molecular weight is 225 g/mol. The van der Waals surface area contributed by atoms with Crippen LogP contribution in [0, 0.1) is 0 Å². The van der Waals surface area contributed by atoms with Crippen LogP contribution >= 0.6 is 11.6 Å². The van der Waals surface area contributed by atoms with E-state index in [1.54, 1.807) is 18.2 Å². The lowest BCUT2D eigenvalue weighted by Gasteiger charge is -2.03. The van der Waals surface area contributed by atoms with E-state index in [0.29, 0.717) is 5.02 Å². The van der Waals surface area contributed by atoms with Crippen molar-refractivity contribution in [1.29, 1.82) is 0 Å². The van der Waals surface area contributed by atoms with Crippen LogP contribution in [0.3, 0.4) is 0 Å². The van der Waals surface area contributed by atoms with Gasteiger partial charge in [-0.15, -0.1) is 0 Å². The van der Waals surface area contributed by atoms with Crippen LogP contribution in [0.4, 0.5) is 0 Å². The molecule has 0 aliphatic rings. The number of carbonyl (C=O) groups is 1. The van der Waals surface area contributed by atoms with Gasteiger partial charge in [-0.3, -0.25) is 0 Å². The van der Waals surface area contributed by atoms with Gasteiger partial charge >= 0.3 is 5.97 Å². The molecule has 0 spiro atoms. The molecule has 0 radical (unpaired) electrons. The quantitative estimate of drug-likeness (QED) is 0.582. The third kappa shape index (κ3) is 4.66. The van der Waals surface area contributed by atoms with Gasteiger partial charge in [-0.1, -0.05) is 23.7 Å². The molecule has 0 N–H and O–H groups in total. The van der Waals surface area contributed by atoms with Crippen LogP contribution in [-0.4, -0.2) is 12.1 Å². The highest BCUT2D eigenvalue weighted by atomic mass is 35.5. The molecule has 0 atom stereocenters. The van der Waals surface area contributed by atoms with Gasteiger partial charge in [0.2, 0.25) is 0 Å². The van der Waals surface area contributed by atoms with Gasteiger partial charge in [0, 0.05) is 11.1 Å². The van der Waals surface area contributed by atoms with E-state index in [2.05, 4.69) is 0 Å². The van der Waals surface area contributed by atoms with E-state index in [4.69, 9.17) is 16.3 Å². The predicted octanol–water partition coefficient (Wildman–Crippen LogP) is 3.30. The standard InChI is InChI=1S/C12H13ClO2/c1-9(2)15-12(14)8-5-10-3-6-11(13)7-4-10/h3-9H,1-2H3/b8-5+. The maximum absolute atomic E-state index is 11.2. The summed E-state index contributed by atoms with van der Waals surface area (Å²) in [6, 6.07) is 7.22. The Kier molecular flexibility index (Phi) is 4.37. The first kappa shape index (κ1) is 11.8. The fraction of sp³-hybridized carbons (Fsp3) is 0.250. The van der Waals surface area contributed by atoms with Gasteiger partial charge in [-0.25, -0.2) is 4.79 Å². The highest BCUT2D eigenvalue weighted by Gasteiger charge is 1.99. The minimum Gasteiger partial charge on any atom is -0.460 e. The Morgan fingerprint density at radius 2 is 1.93 bits per heavy atom. The largest absolute Gasteiger partial charge is 0.460 e. The average Bonchev–Trinajstić information content (AvgIpc) is 2.16. The van der Waals surface area contributed by atoms with Gasteiger partial charge < -0.3 is 4.74 Å². The summed E-state index contributed by atoms with van der Waals surface area (Å²) < 4.78 is 4.94. The zero-order valence-corrected chi connectivity index (χ0v) is 9.49. The van der Waals surface area contributed by atoms with Crippen molar-refractivity contribution in [3.8, 4) is 0 Å². The van der Waals surface area contributed by atoms with Gasteiger partial charge in [-0.2, -0.15) is 0 Å². The summed E-state index contributed by atoms with van der Waals surface area (Å²) in [7, 11) is 0. The molecule has 3 heteroatoms. The lowest BCUT2D eigenvalue weighted by molar-refractivity contribution is -0.141. The van der Waals surface area contributed by atoms with Gasteiger partial charge in [0.25, 0.3) is 0 Å². The zero-order valence-electron chi connectivity index (χ0n) is 8.74. The number of hydrogen-bond acceptors (Lipinski definition) is 2. The molecule has 2 nitrogen and oxygen atoms in total. The van der Waals surface area contributed by atoms with E-state index in [1.807, 2.05) is 26.0 Å². The molecule has 1 aromatic rings. The summed E-state index contributed by atoms with van der Waals surface area (Å²) in [6.45, 7) is 3.63. The third-order valence-corrected chi connectivity index (χ3v) is 1.89. The van der Waals surface area contributed by atoms with Gasteiger partial charge in [-0.05, 0) is 37.6 Å². The van der Waals surface area contributed by atoms with Crippen molar-refractivity contribution in [3.63, 3.8) is 0 Å². The number of ether oxygens (including phenoxy) is 1. The first-order valence-corrected chi connectivity index (χ1v) is 5.10. The Hall–Kier alpha value is -1.28. The SMILES string of the molecule is CC(C)OC(=O)/C=C/c1ccc(Cl)cc1. The Morgan fingerprint density at radius 1 is 1.33 bits per heavy atom. The maximum Gasteiger partial charge on any atom is 0.331 e. The monoisotopic (exact) mass is 224 g/mol. The summed E-state index contributed by atoms with van der Waals surface area (Å²) in [5.74, 6) is -0.333. The van der Waals surface area contributed by atoms with Crippen LogP contribution in [0.1, 0.15) is 19.4 Å². The van der Waals surface area contributed by atoms with E-state index in [-0.39, 0.29) is 12.1 Å². The van der Waals surface area contributed by atoms with Crippen LogP contribution in [0.5, 0.6) is 0 Å². The summed E-state index contributed by atoms with van der Waals surface area (Å²) in [5, 5.41) is 0.678. The molecule has 0 aliphatic heterocycles. The van der Waals surface area contributed by atoms with E-state index in [9.17, 15) is 4.79 Å². The second kappa shape index (κ2) is 5.56. The van der Waals surface area contributed by atoms with Crippen LogP contribution in [0.2, 0.25) is 5.02 Å². The van der Waals surface area contributed by atoms with Crippen molar-refractivity contribution in [2.24, 2.45) is 0 Å². The molecule has 0 saturated carbocycles. The molecule has 80 valence electrons. The minimum absolute atomic E-state index is 0.0904. The minimum atomic E-state index is -0.333. The molecule has 0 aliphatic carbocycles. The Morgan fingerprint density at radius 3 is 2.47 bits per heavy atom. The zero-order chi connectivity index (χ0) is 11.3. The highest BCUT2D eigenvalue weighted by molar-refractivity contribution is 6.30. The van der Waals surface area contributed by atoms with Crippen LogP contribution in [0.25, 0.3) is 6.08 Å². The molecule has 15 heavy (non-hydrogen) atoms. The molecular formula is C12H13ClO2. The number of esters is 1. The van der Waals surface area contributed by atoms with E-state index >= 15 is 0 Å². The van der Waals surface area contributed by atoms with Crippen LogP contribution in [0.15, 0.2) is 30.3 Å². The second-order valence-electron chi connectivity index (χ2n) is 3.37. The second-order valence-corrected chi connectivity index (χ2v) is 3.81. The van der Waals surface area contributed by atoms with Crippen molar-refractivity contribution in [3.05, 3.63) is 40.9 Å². The molecule has 0 heterocycles. The summed E-state index contributed by atoms with van der Waals surface area (Å²) in [5.41, 5.74) is 0.917. The number of hydrogen-bond donors (Lipinski definition) is 0. The van der Waals surface area contributed by atoms with Gasteiger partial charge in [0.05, 0.1) is 6.10 Å². The molecule has 0 fully saturated rings. The lowest BCUT2D eigenvalue weighted by atomic mass is 10.2. The van der Waals surface area contributed by atoms with Gasteiger partial charge in [0.15, 0.2) is 0 Å². The first-order valence-electron chi connectivity index (χ1n) is 4.72. The summed E-state index contributed by atoms with van der Waals surface area (Å²) in [4.78, 5) is 11.2. The molecule has 0 amide bonds. The Labute approximate surface area is 94.5 Å². The fourth-order valence-corrected chi connectivity index (χ4v) is 1.14. The number of halogens is 1. The molecular weight excluding hydrogens is 212 g/mol. The normalized spacial score (nSPS) is 10.9. The van der Waals surface area contributed by atoms with E-state index in [0.717, 1.165) is 5.56 Å². The maximum atomic E-state index is 11.2. The van der Waals surface area contributed by atoms with Crippen LogP contribution < -0.4 is 0 Å². The predicted molar refractivity (Wildman–Crippen MR) is 61.7 cm³/mol. The number of benzene rings is 1. The van der Waals surface area contributed by atoms with Crippen molar-refractivity contribution in [1.82, 2.24) is 0 Å². The summed E-state index contributed by atoms with van der Waals surface area (Å²) >= 11 is 5.73. The fourth-order valence-electron chi connectivity index (χ4n) is 1.01. The lowest BCUT2D eigenvalue weighted by Crippen LogP contribution is -2.08. The molecule has 1 aromatic carbocycles. The van der Waals surface area contributed by atoms with Gasteiger partial charge in [0.1, 0.15) is 0 Å². The van der Waals surface area contributed by atoms with Crippen molar-refractivity contribution >= 4 is 23.6 Å². The summed E-state index contributed by atoms with van der Waals surface area (Å²) in [6.07, 6.45) is 3.01. The number of rotatable bonds is 3. The highest BCUT2D eigenvalue weighted by Crippen LogP contribution is 2.10. The molecule has 1 rings (SSSR count). The smallest absolute Gasteiger partial charge is 0.331 e. The van der Waals surface area contributed by atoms with E-state index < -0.39 is 0 Å². The van der Waals surface area contributed by atoms with Crippen LogP contribution in [-0.2, 0) is 9.53 Å². The van der Waals surface area contributed by atoms with Crippen molar-refractivity contribution < 1.29 is 9.53 Å². The van der Waals surface area contributed by atoms with Crippen molar-refractivity contribution in [2.45, 2.75) is 20.0 Å². The Balaban J connectivity index is 2.57. The van der Waals surface area contributed by atoms with Crippen molar-refractivity contribution in [2.75, 3.05) is 0 Å².